The van der Waals surface area contributed by atoms with Gasteiger partial charge >= 0.3 is 5.69 Å². The third-order valence-electron chi connectivity index (χ3n) is 4.23. The van der Waals surface area contributed by atoms with E-state index in [1.807, 2.05) is 30.3 Å². The SMILES string of the molecule is Cc1cccc([N+](=O)[O-])c1NC(=O)CSc1n[nH]c(=O)n1CCc1ccccc1. The highest BCUT2D eigenvalue weighted by atomic mass is 32.2. The van der Waals surface area contributed by atoms with Crippen LogP contribution in [0.25, 0.3) is 0 Å². The number of H-pyrrole nitrogens is 1. The highest BCUT2D eigenvalue weighted by Crippen LogP contribution is 2.28. The van der Waals surface area contributed by atoms with Crippen LogP contribution in [0.15, 0.2) is 58.5 Å². The summed E-state index contributed by atoms with van der Waals surface area (Å²) in [5.41, 5.74) is 1.34. The average Bonchev–Trinajstić information content (AvgIpc) is 3.06. The topological polar surface area (TPSA) is 123 Å². The smallest absolute Gasteiger partial charge is 0.319 e. The predicted molar refractivity (Wildman–Crippen MR) is 110 cm³/mol. The highest BCUT2D eigenvalue weighted by molar-refractivity contribution is 7.99. The van der Waals surface area contributed by atoms with Crippen molar-refractivity contribution < 1.29 is 9.72 Å². The summed E-state index contributed by atoms with van der Waals surface area (Å²) in [6.07, 6.45) is 0.648. The molecule has 0 atom stereocenters. The van der Waals surface area contributed by atoms with E-state index in [1.54, 1.807) is 19.1 Å². The third-order valence-corrected chi connectivity index (χ3v) is 5.21. The van der Waals surface area contributed by atoms with Crippen LogP contribution in [0.1, 0.15) is 11.1 Å². The fourth-order valence-corrected chi connectivity index (χ4v) is 3.54. The minimum absolute atomic E-state index is 0.0406. The number of hydrogen-bond donors (Lipinski definition) is 2. The number of amides is 1. The molecular formula is C19H19N5O4S. The minimum atomic E-state index is -0.537. The number of nitrogens with zero attached hydrogens (tertiary/aromatic N) is 3. The van der Waals surface area contributed by atoms with E-state index in [1.165, 1.54) is 10.6 Å². The van der Waals surface area contributed by atoms with Crippen molar-refractivity contribution >= 4 is 29.0 Å². The summed E-state index contributed by atoms with van der Waals surface area (Å²) in [6, 6.07) is 14.3. The Morgan fingerprint density at radius 3 is 2.72 bits per heavy atom. The second-order valence-electron chi connectivity index (χ2n) is 6.26. The van der Waals surface area contributed by atoms with Crippen molar-refractivity contribution in [1.29, 1.82) is 0 Å². The molecule has 0 bridgehead atoms. The normalized spacial score (nSPS) is 10.7. The van der Waals surface area contributed by atoms with Gasteiger partial charge in [0.2, 0.25) is 5.91 Å². The number of rotatable bonds is 8. The van der Waals surface area contributed by atoms with E-state index < -0.39 is 10.8 Å². The van der Waals surface area contributed by atoms with E-state index in [4.69, 9.17) is 0 Å². The van der Waals surface area contributed by atoms with Crippen LogP contribution in [0.4, 0.5) is 11.4 Å². The van der Waals surface area contributed by atoms with E-state index in [-0.39, 0.29) is 22.8 Å². The summed E-state index contributed by atoms with van der Waals surface area (Å²) in [5, 5.41) is 20.5. The third kappa shape index (κ3) is 5.11. The van der Waals surface area contributed by atoms with Crippen molar-refractivity contribution in [1.82, 2.24) is 14.8 Å². The van der Waals surface area contributed by atoms with Crippen LogP contribution < -0.4 is 11.0 Å². The molecule has 0 aliphatic carbocycles. The zero-order valence-corrected chi connectivity index (χ0v) is 16.4. The first kappa shape index (κ1) is 20.3. The second-order valence-corrected chi connectivity index (χ2v) is 7.20. The van der Waals surface area contributed by atoms with Gasteiger partial charge in [-0.2, -0.15) is 0 Å². The van der Waals surface area contributed by atoms with Crippen molar-refractivity contribution in [2.75, 3.05) is 11.1 Å². The first-order chi connectivity index (χ1) is 14.0. The molecule has 0 radical (unpaired) electrons. The molecule has 0 unspecified atom stereocenters. The Morgan fingerprint density at radius 1 is 1.24 bits per heavy atom. The molecule has 9 nitrogen and oxygen atoms in total. The predicted octanol–water partition coefficient (Wildman–Crippen LogP) is 2.76. The summed E-state index contributed by atoms with van der Waals surface area (Å²) in [6.45, 7) is 2.11. The summed E-state index contributed by atoms with van der Waals surface area (Å²) in [5.74, 6) is -0.460. The zero-order chi connectivity index (χ0) is 20.8. The number of thioether (sulfide) groups is 1. The van der Waals surface area contributed by atoms with Gasteiger partial charge < -0.3 is 5.32 Å². The number of carbonyl (C=O) groups is 1. The highest BCUT2D eigenvalue weighted by Gasteiger charge is 2.18. The fourth-order valence-electron chi connectivity index (χ4n) is 2.77. The van der Waals surface area contributed by atoms with Gasteiger partial charge in [-0.05, 0) is 24.5 Å². The molecule has 0 fully saturated rings. The van der Waals surface area contributed by atoms with Gasteiger partial charge in [-0.15, -0.1) is 5.10 Å². The number of para-hydroxylation sites is 1. The Bertz CT molecular complexity index is 1080. The number of benzene rings is 2. The second kappa shape index (κ2) is 9.20. The molecule has 0 spiro atoms. The molecule has 0 aliphatic heterocycles. The monoisotopic (exact) mass is 413 g/mol. The van der Waals surface area contributed by atoms with Crippen molar-refractivity contribution in [2.45, 2.75) is 25.0 Å². The summed E-state index contributed by atoms with van der Waals surface area (Å²) >= 11 is 1.09. The van der Waals surface area contributed by atoms with E-state index in [0.29, 0.717) is 23.7 Å². The van der Waals surface area contributed by atoms with E-state index in [2.05, 4.69) is 15.5 Å². The van der Waals surface area contributed by atoms with Gasteiger partial charge in [0.15, 0.2) is 5.16 Å². The largest absolute Gasteiger partial charge is 0.343 e. The summed E-state index contributed by atoms with van der Waals surface area (Å²) in [4.78, 5) is 35.0. The number of nitro benzene ring substituents is 1. The first-order valence-corrected chi connectivity index (χ1v) is 9.80. The summed E-state index contributed by atoms with van der Waals surface area (Å²) < 4.78 is 1.47. The van der Waals surface area contributed by atoms with E-state index >= 15 is 0 Å². The number of nitrogens with one attached hydrogen (secondary N) is 2. The van der Waals surface area contributed by atoms with Gasteiger partial charge in [0.05, 0.1) is 10.7 Å². The first-order valence-electron chi connectivity index (χ1n) is 8.81. The molecular weight excluding hydrogens is 394 g/mol. The van der Waals surface area contributed by atoms with Crippen LogP contribution in [0.2, 0.25) is 0 Å². The zero-order valence-electron chi connectivity index (χ0n) is 15.6. The quantitative estimate of drug-likeness (QED) is 0.333. The molecule has 2 N–H and O–H groups in total. The number of aryl methyl sites for hydroxylation is 2. The number of nitro groups is 1. The maximum absolute atomic E-state index is 12.3. The maximum Gasteiger partial charge on any atom is 0.343 e. The van der Waals surface area contributed by atoms with Gasteiger partial charge in [0, 0.05) is 12.6 Å². The lowest BCUT2D eigenvalue weighted by Gasteiger charge is -2.09. The number of aromatic nitrogens is 3. The van der Waals surface area contributed by atoms with Gasteiger partial charge in [-0.3, -0.25) is 19.5 Å². The van der Waals surface area contributed by atoms with E-state index in [9.17, 15) is 19.7 Å². The van der Waals surface area contributed by atoms with Crippen molar-refractivity contribution in [3.63, 3.8) is 0 Å². The molecule has 0 aliphatic rings. The molecule has 0 saturated carbocycles. The van der Waals surface area contributed by atoms with Gasteiger partial charge in [-0.25, -0.2) is 9.89 Å². The standard InChI is InChI=1S/C19H19N5O4S/c1-13-6-5-9-15(24(27)28)17(13)20-16(25)12-29-19-22-21-18(26)23(19)11-10-14-7-3-2-4-8-14/h2-9H,10-12H2,1H3,(H,20,25)(H,21,26). The fraction of sp³-hybridized carbons (Fsp3) is 0.211. The lowest BCUT2D eigenvalue weighted by atomic mass is 10.1. The Morgan fingerprint density at radius 2 is 2.00 bits per heavy atom. The molecule has 3 aromatic rings. The Balaban J connectivity index is 1.64. The van der Waals surface area contributed by atoms with Gasteiger partial charge in [-0.1, -0.05) is 54.2 Å². The van der Waals surface area contributed by atoms with Crippen LogP contribution in [0, 0.1) is 17.0 Å². The van der Waals surface area contributed by atoms with Crippen LogP contribution >= 0.6 is 11.8 Å². The number of carbonyl (C=O) groups excluding carboxylic acids is 1. The number of anilines is 1. The minimum Gasteiger partial charge on any atom is -0.319 e. The van der Waals surface area contributed by atoms with Crippen molar-refractivity contribution in [3.8, 4) is 0 Å². The van der Waals surface area contributed by atoms with Crippen LogP contribution in [-0.2, 0) is 17.8 Å². The van der Waals surface area contributed by atoms with Gasteiger partial charge in [0.25, 0.3) is 5.69 Å². The Kier molecular flexibility index (Phi) is 6.45. The molecule has 1 amide bonds. The molecule has 0 saturated heterocycles. The lowest BCUT2D eigenvalue weighted by molar-refractivity contribution is -0.384. The maximum atomic E-state index is 12.3. The molecule has 2 aromatic carbocycles. The van der Waals surface area contributed by atoms with Crippen molar-refractivity contribution in [2.24, 2.45) is 0 Å². The molecule has 10 heteroatoms. The Labute approximate surface area is 170 Å². The van der Waals surface area contributed by atoms with E-state index in [0.717, 1.165) is 17.3 Å². The number of aromatic amines is 1. The number of hydrogen-bond acceptors (Lipinski definition) is 6. The van der Waals surface area contributed by atoms with Gasteiger partial charge in [0.1, 0.15) is 5.69 Å². The molecule has 1 heterocycles. The van der Waals surface area contributed by atoms with Crippen LogP contribution in [0.3, 0.4) is 0 Å². The lowest BCUT2D eigenvalue weighted by Crippen LogP contribution is -2.20. The van der Waals surface area contributed by atoms with Crippen molar-refractivity contribution in [3.05, 3.63) is 80.3 Å². The Hall–Kier alpha value is -3.40. The molecule has 3 rings (SSSR count). The average molecular weight is 413 g/mol. The molecule has 1 aromatic heterocycles. The van der Waals surface area contributed by atoms with Crippen LogP contribution in [0.5, 0.6) is 0 Å². The molecule has 29 heavy (non-hydrogen) atoms. The summed E-state index contributed by atoms with van der Waals surface area (Å²) in [7, 11) is 0. The van der Waals surface area contributed by atoms with Crippen LogP contribution in [-0.4, -0.2) is 31.3 Å². The molecule has 150 valence electrons.